The minimum Gasteiger partial charge on any atom is -0.326 e. The Morgan fingerprint density at radius 1 is 1.22 bits per heavy atom. The number of pyridine rings is 2. The highest BCUT2D eigenvalue weighted by molar-refractivity contribution is 5.60. The summed E-state index contributed by atoms with van der Waals surface area (Å²) in [5.74, 6) is -0.593. The largest absolute Gasteiger partial charge is 0.326 e. The Bertz CT molecular complexity index is 558. The number of hydrogen-bond acceptors (Lipinski definition) is 3. The molecule has 2 aromatic rings. The van der Waals surface area contributed by atoms with Gasteiger partial charge in [0.1, 0.15) is 17.2 Å². The predicted molar refractivity (Wildman–Crippen MR) is 60.3 cm³/mol. The maximum Gasteiger partial charge on any atom is 0.280 e. The van der Waals surface area contributed by atoms with Crippen molar-refractivity contribution in [3.63, 3.8) is 0 Å². The molecule has 2 N–H and O–H groups in total. The average molecular weight is 253 g/mol. The fraction of sp³-hybridized carbons (Fsp3) is 0.167. The van der Waals surface area contributed by atoms with Crippen molar-refractivity contribution in [3.05, 3.63) is 47.7 Å². The standard InChI is InChI=1S/C12H10F3N3/c13-9-3-7(5-16)6-18-11(9)8-1-2-17-10(4-8)12(14)15/h1-4,6,12H,5,16H2. The molecule has 0 unspecified atom stereocenters. The molecule has 0 bridgehead atoms. The molecule has 0 fully saturated rings. The molecule has 0 amide bonds. The van der Waals surface area contributed by atoms with Crippen LogP contribution in [0, 0.1) is 5.82 Å². The molecular formula is C12H10F3N3. The Morgan fingerprint density at radius 2 is 2.00 bits per heavy atom. The second-order valence-electron chi connectivity index (χ2n) is 3.65. The van der Waals surface area contributed by atoms with E-state index >= 15 is 0 Å². The van der Waals surface area contributed by atoms with Gasteiger partial charge in [0.05, 0.1) is 0 Å². The summed E-state index contributed by atoms with van der Waals surface area (Å²) in [7, 11) is 0. The third-order valence-corrected chi connectivity index (χ3v) is 2.41. The number of nitrogens with two attached hydrogens (primary N) is 1. The highest BCUT2D eigenvalue weighted by Crippen LogP contribution is 2.24. The van der Waals surface area contributed by atoms with Crippen molar-refractivity contribution in [1.29, 1.82) is 0 Å². The van der Waals surface area contributed by atoms with Gasteiger partial charge in [-0.1, -0.05) is 0 Å². The molecule has 0 aliphatic carbocycles. The smallest absolute Gasteiger partial charge is 0.280 e. The van der Waals surface area contributed by atoms with Crippen LogP contribution in [0.2, 0.25) is 0 Å². The van der Waals surface area contributed by atoms with Gasteiger partial charge in [-0.2, -0.15) is 0 Å². The van der Waals surface area contributed by atoms with Gasteiger partial charge in [-0.3, -0.25) is 9.97 Å². The first-order valence-electron chi connectivity index (χ1n) is 5.20. The van der Waals surface area contributed by atoms with E-state index in [4.69, 9.17) is 5.73 Å². The molecule has 0 spiro atoms. The summed E-state index contributed by atoms with van der Waals surface area (Å²) in [5, 5.41) is 0. The van der Waals surface area contributed by atoms with Crippen molar-refractivity contribution in [2.75, 3.05) is 0 Å². The van der Waals surface area contributed by atoms with Crippen LogP contribution in [0.25, 0.3) is 11.3 Å². The number of nitrogens with zero attached hydrogens (tertiary/aromatic N) is 2. The molecule has 18 heavy (non-hydrogen) atoms. The molecule has 0 radical (unpaired) electrons. The van der Waals surface area contributed by atoms with Gasteiger partial charge in [0.25, 0.3) is 6.43 Å². The Morgan fingerprint density at radius 3 is 2.61 bits per heavy atom. The molecule has 0 aliphatic rings. The number of aromatic nitrogens is 2. The van der Waals surface area contributed by atoms with E-state index in [0.717, 1.165) is 6.07 Å². The van der Waals surface area contributed by atoms with Crippen LogP contribution in [0.1, 0.15) is 17.7 Å². The first kappa shape index (κ1) is 12.5. The maximum atomic E-state index is 13.7. The summed E-state index contributed by atoms with van der Waals surface area (Å²) in [6.45, 7) is 0.169. The predicted octanol–water partition coefficient (Wildman–Crippen LogP) is 2.68. The summed E-state index contributed by atoms with van der Waals surface area (Å²) in [4.78, 5) is 7.40. The molecule has 0 aliphatic heterocycles. The van der Waals surface area contributed by atoms with E-state index < -0.39 is 17.9 Å². The molecule has 3 nitrogen and oxygen atoms in total. The summed E-state index contributed by atoms with van der Waals surface area (Å²) >= 11 is 0. The zero-order valence-electron chi connectivity index (χ0n) is 9.28. The Balaban J connectivity index is 2.45. The molecule has 94 valence electrons. The fourth-order valence-corrected chi connectivity index (χ4v) is 1.52. The van der Waals surface area contributed by atoms with Crippen LogP contribution in [0.15, 0.2) is 30.6 Å². The van der Waals surface area contributed by atoms with Crippen LogP contribution in [-0.2, 0) is 6.54 Å². The lowest BCUT2D eigenvalue weighted by atomic mass is 10.1. The van der Waals surface area contributed by atoms with Crippen molar-refractivity contribution < 1.29 is 13.2 Å². The van der Waals surface area contributed by atoms with Crippen molar-refractivity contribution in [2.45, 2.75) is 13.0 Å². The van der Waals surface area contributed by atoms with Gasteiger partial charge in [-0.05, 0) is 23.8 Å². The van der Waals surface area contributed by atoms with Gasteiger partial charge in [0.15, 0.2) is 0 Å². The van der Waals surface area contributed by atoms with E-state index in [9.17, 15) is 13.2 Å². The van der Waals surface area contributed by atoms with E-state index in [-0.39, 0.29) is 17.8 Å². The molecule has 6 heteroatoms. The first-order valence-corrected chi connectivity index (χ1v) is 5.20. The monoisotopic (exact) mass is 253 g/mol. The van der Waals surface area contributed by atoms with Crippen LogP contribution in [0.5, 0.6) is 0 Å². The zero-order chi connectivity index (χ0) is 13.1. The average Bonchev–Trinajstić information content (AvgIpc) is 2.38. The summed E-state index contributed by atoms with van der Waals surface area (Å²) in [5.41, 5.74) is 5.77. The van der Waals surface area contributed by atoms with Crippen molar-refractivity contribution >= 4 is 0 Å². The van der Waals surface area contributed by atoms with Crippen LogP contribution < -0.4 is 5.73 Å². The van der Waals surface area contributed by atoms with Crippen LogP contribution in [0.4, 0.5) is 13.2 Å². The summed E-state index contributed by atoms with van der Waals surface area (Å²) in [6.07, 6.45) is -0.0771. The van der Waals surface area contributed by atoms with E-state index in [1.54, 1.807) is 0 Å². The lowest BCUT2D eigenvalue weighted by Crippen LogP contribution is -2.00. The molecular weight excluding hydrogens is 243 g/mol. The molecule has 0 aromatic carbocycles. The molecule has 0 atom stereocenters. The van der Waals surface area contributed by atoms with Gasteiger partial charge in [-0.25, -0.2) is 13.2 Å². The quantitative estimate of drug-likeness (QED) is 0.914. The maximum absolute atomic E-state index is 13.7. The topological polar surface area (TPSA) is 51.8 Å². The second-order valence-corrected chi connectivity index (χ2v) is 3.65. The van der Waals surface area contributed by atoms with Crippen molar-refractivity contribution in [3.8, 4) is 11.3 Å². The summed E-state index contributed by atoms with van der Waals surface area (Å²) < 4.78 is 38.7. The third-order valence-electron chi connectivity index (χ3n) is 2.41. The van der Waals surface area contributed by atoms with Gasteiger partial charge in [0, 0.05) is 24.5 Å². The number of halogens is 3. The highest BCUT2D eigenvalue weighted by Gasteiger charge is 2.13. The van der Waals surface area contributed by atoms with Crippen LogP contribution in [0.3, 0.4) is 0 Å². The Hall–Kier alpha value is -1.95. The second kappa shape index (κ2) is 5.14. The molecule has 2 aromatic heterocycles. The van der Waals surface area contributed by atoms with Gasteiger partial charge < -0.3 is 5.73 Å². The normalized spacial score (nSPS) is 10.9. The molecule has 2 rings (SSSR count). The Labute approximate surface area is 101 Å². The number of rotatable bonds is 3. The van der Waals surface area contributed by atoms with Crippen LogP contribution >= 0.6 is 0 Å². The number of hydrogen-bond donors (Lipinski definition) is 1. The van der Waals surface area contributed by atoms with Crippen LogP contribution in [-0.4, -0.2) is 9.97 Å². The highest BCUT2D eigenvalue weighted by atomic mass is 19.3. The van der Waals surface area contributed by atoms with E-state index in [1.807, 2.05) is 0 Å². The van der Waals surface area contributed by atoms with Gasteiger partial charge in [0.2, 0.25) is 0 Å². The van der Waals surface area contributed by atoms with Crippen molar-refractivity contribution in [1.82, 2.24) is 9.97 Å². The SMILES string of the molecule is NCc1cnc(-c2ccnc(C(F)F)c2)c(F)c1. The first-order chi connectivity index (χ1) is 8.61. The van der Waals surface area contributed by atoms with E-state index in [0.29, 0.717) is 5.56 Å². The zero-order valence-corrected chi connectivity index (χ0v) is 9.28. The number of alkyl halides is 2. The fourth-order valence-electron chi connectivity index (χ4n) is 1.52. The van der Waals surface area contributed by atoms with Gasteiger partial charge in [-0.15, -0.1) is 0 Å². The molecule has 0 saturated heterocycles. The van der Waals surface area contributed by atoms with Crippen molar-refractivity contribution in [2.24, 2.45) is 5.73 Å². The third kappa shape index (κ3) is 2.48. The van der Waals surface area contributed by atoms with E-state index in [2.05, 4.69) is 9.97 Å². The molecule has 2 heterocycles. The lowest BCUT2D eigenvalue weighted by molar-refractivity contribution is 0.146. The summed E-state index contributed by atoms with van der Waals surface area (Å²) in [6, 6.07) is 3.79. The minimum absolute atomic E-state index is 0.0106. The minimum atomic E-state index is -2.70. The molecule has 0 saturated carbocycles. The lowest BCUT2D eigenvalue weighted by Gasteiger charge is -2.06. The Kier molecular flexibility index (Phi) is 3.57. The van der Waals surface area contributed by atoms with Gasteiger partial charge >= 0.3 is 0 Å². The van der Waals surface area contributed by atoms with E-state index in [1.165, 1.54) is 24.5 Å².